The van der Waals surface area contributed by atoms with Gasteiger partial charge in [-0.15, -0.1) is 0 Å². The molecule has 0 atom stereocenters. The van der Waals surface area contributed by atoms with Crippen LogP contribution in [0, 0.1) is 6.92 Å². The summed E-state index contributed by atoms with van der Waals surface area (Å²) in [5.74, 6) is 1.46. The molecule has 1 aliphatic rings. The van der Waals surface area contributed by atoms with Gasteiger partial charge in [0, 0.05) is 46.3 Å². The van der Waals surface area contributed by atoms with E-state index in [1.54, 1.807) is 0 Å². The molecule has 1 saturated heterocycles. The fraction of sp³-hybridized carbons (Fsp3) is 0.500. The zero-order valence-electron chi connectivity index (χ0n) is 16.9. The summed E-state index contributed by atoms with van der Waals surface area (Å²) in [4.78, 5) is 13.2. The number of hydrogen-bond donors (Lipinski definition) is 2. The number of morpholine rings is 1. The molecule has 1 fully saturated rings. The van der Waals surface area contributed by atoms with Gasteiger partial charge in [-0.3, -0.25) is 4.90 Å². The van der Waals surface area contributed by atoms with E-state index in [9.17, 15) is 0 Å². The lowest BCUT2D eigenvalue weighted by molar-refractivity contribution is 0.0317. The summed E-state index contributed by atoms with van der Waals surface area (Å²) in [5.41, 5.74) is 8.81. The molecule has 2 heterocycles. The van der Waals surface area contributed by atoms with Crippen molar-refractivity contribution in [2.24, 2.45) is 0 Å². The van der Waals surface area contributed by atoms with Gasteiger partial charge in [-0.25, -0.2) is 5.43 Å². The van der Waals surface area contributed by atoms with E-state index < -0.39 is 0 Å². The van der Waals surface area contributed by atoms with E-state index >= 15 is 0 Å². The van der Waals surface area contributed by atoms with E-state index in [-0.39, 0.29) is 0 Å². The van der Waals surface area contributed by atoms with Crippen molar-refractivity contribution in [1.82, 2.24) is 20.3 Å². The van der Waals surface area contributed by atoms with Crippen molar-refractivity contribution < 1.29 is 9.47 Å². The first-order valence-electron chi connectivity index (χ1n) is 9.64. The molecule has 1 aromatic heterocycles. The van der Waals surface area contributed by atoms with Crippen molar-refractivity contribution in [3.8, 4) is 6.01 Å². The maximum Gasteiger partial charge on any atom is 0.320 e. The number of nitrogens with one attached hydrogen (secondary N) is 2. The van der Waals surface area contributed by atoms with Crippen LogP contribution in [0.5, 0.6) is 6.01 Å². The number of aromatic nitrogens is 2. The maximum absolute atomic E-state index is 5.82. The molecule has 1 aliphatic heterocycles. The molecule has 8 heteroatoms. The molecule has 8 nitrogen and oxygen atoms in total. The Balaban J connectivity index is 1.55. The highest BCUT2D eigenvalue weighted by Gasteiger charge is 2.11. The zero-order chi connectivity index (χ0) is 19.8. The summed E-state index contributed by atoms with van der Waals surface area (Å²) in [6.07, 6.45) is 0. The molecule has 2 aromatic rings. The topological polar surface area (TPSA) is 74.8 Å². The minimum absolute atomic E-state index is 0.374. The molecule has 3 rings (SSSR count). The van der Waals surface area contributed by atoms with Gasteiger partial charge in [0.2, 0.25) is 0 Å². The number of hydrazine groups is 1. The molecule has 28 heavy (non-hydrogen) atoms. The molecular weight excluding hydrogens is 356 g/mol. The maximum atomic E-state index is 5.82. The number of benzene rings is 1. The second-order valence-corrected chi connectivity index (χ2v) is 7.06. The van der Waals surface area contributed by atoms with Crippen molar-refractivity contribution in [3.63, 3.8) is 0 Å². The molecule has 0 amide bonds. The van der Waals surface area contributed by atoms with Crippen LogP contribution in [0.3, 0.4) is 0 Å². The number of ether oxygens (including phenoxy) is 2. The molecule has 0 radical (unpaired) electrons. The van der Waals surface area contributed by atoms with E-state index in [0.717, 1.165) is 38.7 Å². The van der Waals surface area contributed by atoms with Gasteiger partial charge in [0.25, 0.3) is 0 Å². The second-order valence-electron chi connectivity index (χ2n) is 7.06. The van der Waals surface area contributed by atoms with E-state index in [0.29, 0.717) is 25.0 Å². The van der Waals surface area contributed by atoms with Gasteiger partial charge in [0.15, 0.2) is 0 Å². The van der Waals surface area contributed by atoms with E-state index in [1.165, 1.54) is 11.1 Å². The Kier molecular flexibility index (Phi) is 7.41. The van der Waals surface area contributed by atoms with Crippen LogP contribution in [0.2, 0.25) is 0 Å². The van der Waals surface area contributed by atoms with Gasteiger partial charge in [0.1, 0.15) is 18.2 Å². The first-order valence-corrected chi connectivity index (χ1v) is 9.64. The highest BCUT2D eigenvalue weighted by molar-refractivity contribution is 5.49. The Bertz CT molecular complexity index is 749. The lowest BCUT2D eigenvalue weighted by atomic mass is 10.1. The van der Waals surface area contributed by atoms with Crippen LogP contribution in [0.4, 0.5) is 11.6 Å². The summed E-state index contributed by atoms with van der Waals surface area (Å²) in [6.45, 7) is 7.62. The predicted octanol–water partition coefficient (Wildman–Crippen LogP) is 1.68. The van der Waals surface area contributed by atoms with Gasteiger partial charge in [0.05, 0.1) is 13.2 Å². The Morgan fingerprint density at radius 2 is 2.00 bits per heavy atom. The van der Waals surface area contributed by atoms with Crippen molar-refractivity contribution in [2.45, 2.75) is 13.5 Å². The first kappa shape index (κ1) is 20.3. The summed E-state index contributed by atoms with van der Waals surface area (Å²) in [6, 6.07) is 10.7. The van der Waals surface area contributed by atoms with Crippen LogP contribution in [-0.4, -0.2) is 68.4 Å². The molecule has 0 bridgehead atoms. The summed E-state index contributed by atoms with van der Waals surface area (Å²) >= 11 is 0. The highest BCUT2D eigenvalue weighted by Crippen LogP contribution is 2.17. The van der Waals surface area contributed by atoms with Crippen LogP contribution in [0.15, 0.2) is 30.3 Å². The second kappa shape index (κ2) is 10.2. The molecule has 2 N–H and O–H groups in total. The first-order chi connectivity index (χ1) is 13.6. The predicted molar refractivity (Wildman–Crippen MR) is 111 cm³/mol. The van der Waals surface area contributed by atoms with Crippen LogP contribution in [-0.2, 0) is 11.3 Å². The highest BCUT2D eigenvalue weighted by atomic mass is 16.5. The van der Waals surface area contributed by atoms with Gasteiger partial charge >= 0.3 is 6.01 Å². The zero-order valence-corrected chi connectivity index (χ0v) is 16.9. The van der Waals surface area contributed by atoms with Crippen LogP contribution in [0.25, 0.3) is 0 Å². The van der Waals surface area contributed by atoms with Crippen LogP contribution >= 0.6 is 0 Å². The Morgan fingerprint density at radius 1 is 1.18 bits per heavy atom. The third-order valence-corrected chi connectivity index (χ3v) is 4.48. The Hall–Kier alpha value is -2.42. The average molecular weight is 387 g/mol. The Morgan fingerprint density at radius 3 is 2.75 bits per heavy atom. The quantitative estimate of drug-likeness (QED) is 0.631. The third-order valence-electron chi connectivity index (χ3n) is 4.48. The van der Waals surface area contributed by atoms with Crippen LogP contribution in [0.1, 0.15) is 11.1 Å². The minimum atomic E-state index is 0.374. The normalized spacial score (nSPS) is 14.7. The van der Waals surface area contributed by atoms with Gasteiger partial charge in [-0.1, -0.05) is 29.8 Å². The molecule has 0 spiro atoms. The number of rotatable bonds is 9. The van der Waals surface area contributed by atoms with Crippen molar-refractivity contribution in [2.75, 3.05) is 63.9 Å². The van der Waals surface area contributed by atoms with Crippen molar-refractivity contribution in [3.05, 3.63) is 41.5 Å². The number of hydrogen-bond acceptors (Lipinski definition) is 8. The largest absolute Gasteiger partial charge is 0.462 e. The molecule has 152 valence electrons. The lowest BCUT2D eigenvalue weighted by Gasteiger charge is -2.26. The Labute approximate surface area is 166 Å². The smallest absolute Gasteiger partial charge is 0.320 e. The fourth-order valence-corrected chi connectivity index (χ4v) is 2.92. The molecule has 0 saturated carbocycles. The van der Waals surface area contributed by atoms with Gasteiger partial charge in [-0.2, -0.15) is 9.97 Å². The summed E-state index contributed by atoms with van der Waals surface area (Å²) in [7, 11) is 3.90. The molecule has 0 unspecified atom stereocenters. The molecule has 0 aliphatic carbocycles. The van der Waals surface area contributed by atoms with E-state index in [2.05, 4.69) is 56.9 Å². The summed E-state index contributed by atoms with van der Waals surface area (Å²) in [5, 5.41) is 0. The standard InChI is InChI=1S/C20H30N6O2/c1-16-5-4-6-17(13-16)15-21-24-18-14-19(25(2)3)23-20(22-18)28-12-9-26-7-10-27-11-8-26/h4-6,13-14,21H,7-12,15H2,1-3H3,(H,22,23,24). The van der Waals surface area contributed by atoms with Gasteiger partial charge < -0.3 is 19.8 Å². The van der Waals surface area contributed by atoms with E-state index in [1.807, 2.05) is 25.1 Å². The number of anilines is 2. The molecule has 1 aromatic carbocycles. The van der Waals surface area contributed by atoms with E-state index in [4.69, 9.17) is 9.47 Å². The van der Waals surface area contributed by atoms with Crippen LogP contribution < -0.4 is 20.5 Å². The van der Waals surface area contributed by atoms with Gasteiger partial charge in [-0.05, 0) is 12.5 Å². The van der Waals surface area contributed by atoms with Crippen molar-refractivity contribution in [1.29, 1.82) is 0 Å². The average Bonchev–Trinajstić information content (AvgIpc) is 2.69. The number of aryl methyl sites for hydroxylation is 1. The monoisotopic (exact) mass is 386 g/mol. The lowest BCUT2D eigenvalue weighted by Crippen LogP contribution is -2.38. The SMILES string of the molecule is Cc1cccc(CNNc2cc(N(C)C)nc(OCCN3CCOCC3)n2)c1. The third kappa shape index (κ3) is 6.33. The molecular formula is C20H30N6O2. The fourth-order valence-electron chi connectivity index (χ4n) is 2.92. The minimum Gasteiger partial charge on any atom is -0.462 e. The summed E-state index contributed by atoms with van der Waals surface area (Å²) < 4.78 is 11.2. The number of nitrogens with zero attached hydrogens (tertiary/aromatic N) is 4. The van der Waals surface area contributed by atoms with Crippen molar-refractivity contribution >= 4 is 11.6 Å².